The summed E-state index contributed by atoms with van der Waals surface area (Å²) >= 11 is 4.57. The Balaban J connectivity index is 1.58. The van der Waals surface area contributed by atoms with Gasteiger partial charge in [-0.3, -0.25) is 4.79 Å². The first-order chi connectivity index (χ1) is 13.4. The molecule has 1 aliphatic heterocycles. The highest BCUT2D eigenvalue weighted by Crippen LogP contribution is 2.37. The number of carboxylic acid groups (broad SMARTS) is 1. The van der Waals surface area contributed by atoms with Crippen LogP contribution in [0.15, 0.2) is 52.3 Å². The van der Waals surface area contributed by atoms with Crippen molar-refractivity contribution in [1.82, 2.24) is 0 Å². The third kappa shape index (κ3) is 3.55. The fraction of sp³-hybridized carbons (Fsp3) is 0.143. The van der Waals surface area contributed by atoms with Crippen LogP contribution in [0.25, 0.3) is 11.1 Å². The van der Waals surface area contributed by atoms with E-state index < -0.39 is 12.1 Å². The SMILES string of the molecule is Cc1ccc2c(c1)CC(C(=O)Nc1scc(-c3ccc(Br)cc3)c1C(=O)O)O2. The number of anilines is 1. The molecule has 0 radical (unpaired) electrons. The molecule has 1 unspecified atom stereocenters. The van der Waals surface area contributed by atoms with Crippen LogP contribution in [0.1, 0.15) is 21.5 Å². The normalized spacial score (nSPS) is 15.0. The minimum absolute atomic E-state index is 0.0898. The van der Waals surface area contributed by atoms with Crippen molar-refractivity contribution in [2.24, 2.45) is 0 Å². The molecule has 28 heavy (non-hydrogen) atoms. The summed E-state index contributed by atoms with van der Waals surface area (Å²) in [6.45, 7) is 1.99. The van der Waals surface area contributed by atoms with E-state index in [0.717, 1.165) is 21.2 Å². The van der Waals surface area contributed by atoms with Gasteiger partial charge in [0.2, 0.25) is 0 Å². The second-order valence-corrected chi connectivity index (χ2v) is 8.37. The molecular weight excluding hydrogens is 442 g/mol. The van der Waals surface area contributed by atoms with E-state index in [-0.39, 0.29) is 11.5 Å². The third-order valence-corrected chi connectivity index (χ3v) is 6.00. The van der Waals surface area contributed by atoms with E-state index >= 15 is 0 Å². The summed E-state index contributed by atoms with van der Waals surface area (Å²) in [5.41, 5.74) is 3.53. The molecule has 4 rings (SSSR count). The topological polar surface area (TPSA) is 75.6 Å². The molecule has 2 aromatic carbocycles. The van der Waals surface area contributed by atoms with Gasteiger partial charge in [-0.25, -0.2) is 4.79 Å². The van der Waals surface area contributed by atoms with Gasteiger partial charge in [0.05, 0.1) is 0 Å². The van der Waals surface area contributed by atoms with E-state index in [0.29, 0.717) is 22.7 Å². The van der Waals surface area contributed by atoms with Crippen molar-refractivity contribution < 1.29 is 19.4 Å². The number of carbonyl (C=O) groups is 2. The maximum Gasteiger partial charge on any atom is 0.339 e. The summed E-state index contributed by atoms with van der Waals surface area (Å²) in [4.78, 5) is 24.6. The van der Waals surface area contributed by atoms with Gasteiger partial charge in [-0.2, -0.15) is 0 Å². The largest absolute Gasteiger partial charge is 0.480 e. The van der Waals surface area contributed by atoms with Gasteiger partial charge in [-0.1, -0.05) is 45.8 Å². The number of thiophene rings is 1. The molecule has 1 atom stereocenters. The average Bonchev–Trinajstić information content (AvgIpc) is 3.26. The lowest BCUT2D eigenvalue weighted by Gasteiger charge is -2.11. The number of carbonyl (C=O) groups excluding carboxylic acids is 1. The number of hydrogen-bond acceptors (Lipinski definition) is 4. The van der Waals surface area contributed by atoms with Crippen molar-refractivity contribution in [2.75, 3.05) is 5.32 Å². The molecule has 0 aliphatic carbocycles. The Labute approximate surface area is 174 Å². The van der Waals surface area contributed by atoms with Crippen molar-refractivity contribution in [3.05, 3.63) is 69.0 Å². The van der Waals surface area contributed by atoms with Gasteiger partial charge in [-0.05, 0) is 36.2 Å². The maximum atomic E-state index is 12.7. The number of halogens is 1. The van der Waals surface area contributed by atoms with Gasteiger partial charge in [0, 0.05) is 21.8 Å². The summed E-state index contributed by atoms with van der Waals surface area (Å²) in [5, 5.41) is 14.5. The van der Waals surface area contributed by atoms with E-state index in [1.54, 1.807) is 5.38 Å². The van der Waals surface area contributed by atoms with E-state index in [1.807, 2.05) is 49.4 Å². The predicted octanol–water partition coefficient (Wildman–Crippen LogP) is 5.13. The molecule has 1 aliphatic rings. The quantitative estimate of drug-likeness (QED) is 0.569. The fourth-order valence-corrected chi connectivity index (χ4v) is 4.45. The second-order valence-electron chi connectivity index (χ2n) is 6.58. The Morgan fingerprint density at radius 1 is 1.21 bits per heavy atom. The molecule has 0 bridgehead atoms. The molecular formula is C21H16BrNO4S. The second kappa shape index (κ2) is 7.41. The van der Waals surface area contributed by atoms with Crippen LogP contribution in [0.3, 0.4) is 0 Å². The number of fused-ring (bicyclic) bond motifs is 1. The Morgan fingerprint density at radius 2 is 1.96 bits per heavy atom. The van der Waals surface area contributed by atoms with Crippen LogP contribution in [-0.2, 0) is 11.2 Å². The van der Waals surface area contributed by atoms with Crippen LogP contribution in [0, 0.1) is 6.92 Å². The Morgan fingerprint density at radius 3 is 2.68 bits per heavy atom. The Kier molecular flexibility index (Phi) is 4.95. The van der Waals surface area contributed by atoms with Gasteiger partial charge in [0.15, 0.2) is 6.10 Å². The van der Waals surface area contributed by atoms with E-state index in [1.165, 1.54) is 11.3 Å². The van der Waals surface area contributed by atoms with Crippen LogP contribution in [0.5, 0.6) is 5.75 Å². The predicted molar refractivity (Wildman–Crippen MR) is 112 cm³/mol. The molecule has 0 fully saturated rings. The van der Waals surface area contributed by atoms with Gasteiger partial charge in [-0.15, -0.1) is 11.3 Å². The molecule has 142 valence electrons. The zero-order valence-corrected chi connectivity index (χ0v) is 17.3. The summed E-state index contributed by atoms with van der Waals surface area (Å²) in [7, 11) is 0. The lowest BCUT2D eigenvalue weighted by atomic mass is 10.0. The molecule has 0 spiro atoms. The fourth-order valence-electron chi connectivity index (χ4n) is 3.22. The van der Waals surface area contributed by atoms with Crippen molar-refractivity contribution in [3.8, 4) is 16.9 Å². The van der Waals surface area contributed by atoms with E-state index in [4.69, 9.17) is 4.74 Å². The molecule has 2 heterocycles. The Bertz CT molecular complexity index is 1070. The third-order valence-electron chi connectivity index (χ3n) is 4.58. The number of hydrogen-bond donors (Lipinski definition) is 2. The van der Waals surface area contributed by atoms with Gasteiger partial charge in [0.25, 0.3) is 5.91 Å². The van der Waals surface area contributed by atoms with Crippen LogP contribution >= 0.6 is 27.3 Å². The molecule has 3 aromatic rings. The van der Waals surface area contributed by atoms with Gasteiger partial charge >= 0.3 is 5.97 Å². The first-order valence-electron chi connectivity index (χ1n) is 8.60. The summed E-state index contributed by atoms with van der Waals surface area (Å²) < 4.78 is 6.65. The summed E-state index contributed by atoms with van der Waals surface area (Å²) in [6, 6.07) is 13.2. The first-order valence-corrected chi connectivity index (χ1v) is 10.3. The lowest BCUT2D eigenvalue weighted by molar-refractivity contribution is -0.122. The Hall–Kier alpha value is -2.64. The molecule has 5 nitrogen and oxygen atoms in total. The van der Waals surface area contributed by atoms with Crippen LogP contribution < -0.4 is 10.1 Å². The number of nitrogens with one attached hydrogen (secondary N) is 1. The molecule has 0 saturated heterocycles. The van der Waals surface area contributed by atoms with E-state index in [9.17, 15) is 14.7 Å². The number of ether oxygens (including phenoxy) is 1. The molecule has 1 aromatic heterocycles. The minimum Gasteiger partial charge on any atom is -0.480 e. The van der Waals surface area contributed by atoms with Crippen LogP contribution in [0.2, 0.25) is 0 Å². The molecule has 1 amide bonds. The van der Waals surface area contributed by atoms with Crippen molar-refractivity contribution in [3.63, 3.8) is 0 Å². The number of amides is 1. The number of benzene rings is 2. The standard InChI is InChI=1S/C21H16BrNO4S/c1-11-2-7-16-13(8-11)9-17(27-16)19(24)23-20-18(21(25)26)15(10-28-20)12-3-5-14(22)6-4-12/h2-8,10,17H,9H2,1H3,(H,23,24)(H,25,26). The maximum absolute atomic E-state index is 12.7. The van der Waals surface area contributed by atoms with Crippen molar-refractivity contribution >= 4 is 44.1 Å². The number of rotatable bonds is 4. The average molecular weight is 458 g/mol. The zero-order valence-electron chi connectivity index (χ0n) is 14.9. The molecule has 0 saturated carbocycles. The zero-order chi connectivity index (χ0) is 19.8. The van der Waals surface area contributed by atoms with Gasteiger partial charge < -0.3 is 15.2 Å². The van der Waals surface area contributed by atoms with Crippen LogP contribution in [0.4, 0.5) is 5.00 Å². The number of aryl methyl sites for hydroxylation is 1. The first kappa shape index (κ1) is 18.7. The number of aromatic carboxylic acids is 1. The summed E-state index contributed by atoms with van der Waals surface area (Å²) in [5.74, 6) is -0.729. The highest BCUT2D eigenvalue weighted by molar-refractivity contribution is 9.10. The smallest absolute Gasteiger partial charge is 0.339 e. The lowest BCUT2D eigenvalue weighted by Crippen LogP contribution is -2.31. The van der Waals surface area contributed by atoms with Crippen molar-refractivity contribution in [1.29, 1.82) is 0 Å². The highest BCUT2D eigenvalue weighted by Gasteiger charge is 2.31. The summed E-state index contributed by atoms with van der Waals surface area (Å²) in [6.07, 6.45) is -0.201. The highest BCUT2D eigenvalue weighted by atomic mass is 79.9. The van der Waals surface area contributed by atoms with Crippen molar-refractivity contribution in [2.45, 2.75) is 19.4 Å². The molecule has 2 N–H and O–H groups in total. The van der Waals surface area contributed by atoms with Gasteiger partial charge in [0.1, 0.15) is 16.3 Å². The molecule has 7 heteroatoms. The number of carboxylic acids is 1. The van der Waals surface area contributed by atoms with E-state index in [2.05, 4.69) is 21.2 Å². The minimum atomic E-state index is -1.08. The monoisotopic (exact) mass is 457 g/mol. The van der Waals surface area contributed by atoms with Crippen LogP contribution in [-0.4, -0.2) is 23.1 Å².